The number of nitrogens with two attached hydrogens (primary N) is 1. The predicted octanol–water partition coefficient (Wildman–Crippen LogP) is 1.76. The van der Waals surface area contributed by atoms with Gasteiger partial charge in [-0.05, 0) is 37.0 Å². The molecular formula is C16H23ClN4O3S. The van der Waals surface area contributed by atoms with Gasteiger partial charge in [-0.15, -0.1) is 12.4 Å². The normalized spacial score (nSPS) is 15.7. The van der Waals surface area contributed by atoms with E-state index in [1.54, 1.807) is 10.9 Å². The molecule has 25 heavy (non-hydrogen) atoms. The maximum absolute atomic E-state index is 12.4. The molecule has 2 aromatic rings. The SMILES string of the molecule is Cl.Nc1ccc(CCNS(=O)(=O)c2cnn(C3CCOCC3)c2)cc1. The van der Waals surface area contributed by atoms with E-state index in [2.05, 4.69) is 9.82 Å². The number of halogens is 1. The van der Waals surface area contributed by atoms with Crippen LogP contribution in [0.2, 0.25) is 0 Å². The van der Waals surface area contributed by atoms with Gasteiger partial charge in [0.15, 0.2) is 0 Å². The van der Waals surface area contributed by atoms with E-state index in [1.165, 1.54) is 6.20 Å². The van der Waals surface area contributed by atoms with E-state index in [9.17, 15) is 8.42 Å². The summed E-state index contributed by atoms with van der Waals surface area (Å²) in [6.45, 7) is 1.70. The summed E-state index contributed by atoms with van der Waals surface area (Å²) >= 11 is 0. The van der Waals surface area contributed by atoms with Crippen molar-refractivity contribution in [2.24, 2.45) is 0 Å². The molecule has 0 amide bonds. The number of hydrogen-bond acceptors (Lipinski definition) is 5. The van der Waals surface area contributed by atoms with Crippen LogP contribution in [0.1, 0.15) is 24.4 Å². The molecule has 1 aliphatic rings. The van der Waals surface area contributed by atoms with Crippen LogP contribution in [-0.4, -0.2) is 38.0 Å². The Labute approximate surface area is 154 Å². The molecule has 3 rings (SSSR count). The minimum Gasteiger partial charge on any atom is -0.399 e. The number of aromatic nitrogens is 2. The lowest BCUT2D eigenvalue weighted by Crippen LogP contribution is -2.26. The fourth-order valence-electron chi connectivity index (χ4n) is 2.71. The Morgan fingerprint density at radius 1 is 1.24 bits per heavy atom. The van der Waals surface area contributed by atoms with Gasteiger partial charge in [0.1, 0.15) is 4.90 Å². The van der Waals surface area contributed by atoms with E-state index >= 15 is 0 Å². The maximum Gasteiger partial charge on any atom is 0.243 e. The zero-order valence-electron chi connectivity index (χ0n) is 13.8. The van der Waals surface area contributed by atoms with E-state index in [0.717, 1.165) is 18.4 Å². The largest absolute Gasteiger partial charge is 0.399 e. The quantitative estimate of drug-likeness (QED) is 0.737. The maximum atomic E-state index is 12.4. The average molecular weight is 387 g/mol. The Kier molecular flexibility index (Phi) is 6.83. The van der Waals surface area contributed by atoms with E-state index in [4.69, 9.17) is 10.5 Å². The lowest BCUT2D eigenvalue weighted by atomic mass is 10.1. The van der Waals surface area contributed by atoms with Crippen LogP contribution in [0.4, 0.5) is 5.69 Å². The van der Waals surface area contributed by atoms with E-state index < -0.39 is 10.0 Å². The standard InChI is InChI=1S/C16H22N4O3S.ClH/c17-14-3-1-13(2-4-14)5-8-19-24(21,22)16-11-18-20(12-16)15-6-9-23-10-7-15;/h1-4,11-12,15,19H,5-10,17H2;1H. The number of benzene rings is 1. The number of nitrogens with zero attached hydrogens (tertiary/aromatic N) is 2. The highest BCUT2D eigenvalue weighted by Gasteiger charge is 2.20. The van der Waals surface area contributed by atoms with Gasteiger partial charge < -0.3 is 10.5 Å². The van der Waals surface area contributed by atoms with Gasteiger partial charge in [-0.3, -0.25) is 4.68 Å². The molecule has 9 heteroatoms. The van der Waals surface area contributed by atoms with Crippen molar-refractivity contribution < 1.29 is 13.2 Å². The molecule has 0 spiro atoms. The molecule has 3 N–H and O–H groups in total. The first-order chi connectivity index (χ1) is 11.5. The summed E-state index contributed by atoms with van der Waals surface area (Å²) < 4.78 is 34.4. The third-order valence-corrected chi connectivity index (χ3v) is 5.55. The highest BCUT2D eigenvalue weighted by atomic mass is 35.5. The van der Waals surface area contributed by atoms with Crippen molar-refractivity contribution in [2.75, 3.05) is 25.5 Å². The number of nitrogen functional groups attached to an aromatic ring is 1. The molecule has 0 unspecified atom stereocenters. The van der Waals surface area contributed by atoms with Crippen molar-refractivity contribution in [1.29, 1.82) is 0 Å². The second-order valence-corrected chi connectivity index (χ2v) is 7.66. The van der Waals surface area contributed by atoms with Crippen molar-refractivity contribution in [3.63, 3.8) is 0 Å². The number of nitrogens with one attached hydrogen (secondary N) is 1. The molecule has 1 aromatic carbocycles. The summed E-state index contributed by atoms with van der Waals surface area (Å²) in [5, 5.41) is 4.21. The lowest BCUT2D eigenvalue weighted by molar-refractivity contribution is 0.0662. The Balaban J connectivity index is 0.00000225. The van der Waals surface area contributed by atoms with Crippen molar-refractivity contribution in [3.05, 3.63) is 42.2 Å². The summed E-state index contributed by atoms with van der Waals surface area (Å²) in [5.41, 5.74) is 7.36. The minimum atomic E-state index is -3.55. The van der Waals surface area contributed by atoms with Crippen LogP contribution in [0.25, 0.3) is 0 Å². The first kappa shape index (κ1) is 19.7. The summed E-state index contributed by atoms with van der Waals surface area (Å²) in [7, 11) is -3.55. The van der Waals surface area contributed by atoms with Crippen molar-refractivity contribution in [1.82, 2.24) is 14.5 Å². The highest BCUT2D eigenvalue weighted by molar-refractivity contribution is 7.89. The minimum absolute atomic E-state index is 0. The second-order valence-electron chi connectivity index (χ2n) is 5.89. The average Bonchev–Trinajstić information content (AvgIpc) is 3.08. The Bertz CT molecular complexity index is 771. The molecule has 2 heterocycles. The molecule has 0 atom stereocenters. The van der Waals surface area contributed by atoms with Gasteiger partial charge in [0.2, 0.25) is 10.0 Å². The van der Waals surface area contributed by atoms with Crippen LogP contribution in [0.3, 0.4) is 0 Å². The predicted molar refractivity (Wildman–Crippen MR) is 98.3 cm³/mol. The molecule has 1 aliphatic heterocycles. The summed E-state index contributed by atoms with van der Waals surface area (Å²) in [6, 6.07) is 7.61. The van der Waals surface area contributed by atoms with Crippen LogP contribution in [0, 0.1) is 0 Å². The number of hydrogen-bond donors (Lipinski definition) is 2. The third-order valence-electron chi connectivity index (χ3n) is 4.14. The monoisotopic (exact) mass is 386 g/mol. The van der Waals surface area contributed by atoms with Gasteiger partial charge in [0.25, 0.3) is 0 Å². The van der Waals surface area contributed by atoms with Gasteiger partial charge in [-0.25, -0.2) is 13.1 Å². The number of anilines is 1. The Hall–Kier alpha value is -1.61. The lowest BCUT2D eigenvalue weighted by Gasteiger charge is -2.22. The number of sulfonamides is 1. The highest BCUT2D eigenvalue weighted by Crippen LogP contribution is 2.21. The zero-order chi connectivity index (χ0) is 17.0. The molecule has 0 bridgehead atoms. The van der Waals surface area contributed by atoms with Crippen molar-refractivity contribution in [2.45, 2.75) is 30.2 Å². The van der Waals surface area contributed by atoms with E-state index in [1.807, 2.05) is 24.3 Å². The molecule has 0 saturated carbocycles. The molecule has 7 nitrogen and oxygen atoms in total. The molecule has 0 aliphatic carbocycles. The zero-order valence-corrected chi connectivity index (χ0v) is 15.4. The number of ether oxygens (including phenoxy) is 1. The summed E-state index contributed by atoms with van der Waals surface area (Å²) in [6.07, 6.45) is 5.31. The van der Waals surface area contributed by atoms with Crippen LogP contribution >= 0.6 is 12.4 Å². The van der Waals surface area contributed by atoms with Gasteiger partial charge in [-0.2, -0.15) is 5.10 Å². The summed E-state index contributed by atoms with van der Waals surface area (Å²) in [5.74, 6) is 0. The number of rotatable bonds is 6. The van der Waals surface area contributed by atoms with Gasteiger partial charge in [-0.1, -0.05) is 12.1 Å². The van der Waals surface area contributed by atoms with Gasteiger partial charge in [0.05, 0.1) is 12.2 Å². The molecule has 138 valence electrons. The van der Waals surface area contributed by atoms with Crippen LogP contribution in [0.5, 0.6) is 0 Å². The van der Waals surface area contributed by atoms with Crippen LogP contribution < -0.4 is 10.5 Å². The summed E-state index contributed by atoms with van der Waals surface area (Å²) in [4.78, 5) is 0.200. The van der Waals surface area contributed by atoms with Crippen molar-refractivity contribution >= 4 is 28.1 Å². The second kappa shape index (κ2) is 8.66. The molecule has 0 radical (unpaired) electrons. The molecule has 1 fully saturated rings. The first-order valence-electron chi connectivity index (χ1n) is 8.00. The van der Waals surface area contributed by atoms with Crippen LogP contribution in [0.15, 0.2) is 41.6 Å². The van der Waals surface area contributed by atoms with Crippen molar-refractivity contribution in [3.8, 4) is 0 Å². The van der Waals surface area contributed by atoms with Gasteiger partial charge in [0, 0.05) is 31.6 Å². The molecule has 1 aromatic heterocycles. The molecular weight excluding hydrogens is 364 g/mol. The van der Waals surface area contributed by atoms with E-state index in [-0.39, 0.29) is 23.3 Å². The van der Waals surface area contributed by atoms with Gasteiger partial charge >= 0.3 is 0 Å². The first-order valence-corrected chi connectivity index (χ1v) is 9.49. The smallest absolute Gasteiger partial charge is 0.243 e. The third kappa shape index (κ3) is 5.18. The van der Waals surface area contributed by atoms with Crippen LogP contribution in [-0.2, 0) is 21.2 Å². The van der Waals surface area contributed by atoms with E-state index in [0.29, 0.717) is 31.9 Å². The fraction of sp³-hybridized carbons (Fsp3) is 0.438. The molecule has 1 saturated heterocycles. The topological polar surface area (TPSA) is 99.2 Å². The Morgan fingerprint density at radius 2 is 1.92 bits per heavy atom. The fourth-order valence-corrected chi connectivity index (χ4v) is 3.68. The Morgan fingerprint density at radius 3 is 2.60 bits per heavy atom.